The van der Waals surface area contributed by atoms with Crippen LogP contribution in [0.1, 0.15) is 11.3 Å². The average Bonchev–Trinajstić information content (AvgIpc) is 2.02. The Labute approximate surface area is 73.1 Å². The first-order chi connectivity index (χ1) is 5.95. The van der Waals surface area contributed by atoms with Crippen molar-refractivity contribution < 1.29 is 12.9 Å². The van der Waals surface area contributed by atoms with Crippen LogP contribution in [0.5, 0.6) is 0 Å². The molecule has 68 valence electrons. The lowest BCUT2D eigenvalue weighted by molar-refractivity contribution is 0.500. The SMILES string of the molecule is Cc1cc([B-](F)(F)F)cnc1C#N. The van der Waals surface area contributed by atoms with Gasteiger partial charge in [0, 0.05) is 6.20 Å². The maximum Gasteiger partial charge on any atom is 0.511 e. The molecule has 0 atom stereocenters. The summed E-state index contributed by atoms with van der Waals surface area (Å²) in [6.07, 6.45) is 0.686. The van der Waals surface area contributed by atoms with Crippen molar-refractivity contribution in [2.45, 2.75) is 6.92 Å². The summed E-state index contributed by atoms with van der Waals surface area (Å²) in [5, 5.41) is 8.42. The topological polar surface area (TPSA) is 36.7 Å². The third kappa shape index (κ3) is 1.99. The van der Waals surface area contributed by atoms with Crippen LogP contribution in [0.4, 0.5) is 12.9 Å². The Morgan fingerprint density at radius 3 is 2.46 bits per heavy atom. The van der Waals surface area contributed by atoms with E-state index in [-0.39, 0.29) is 11.3 Å². The molecule has 1 heterocycles. The molecule has 0 saturated heterocycles. The number of aromatic nitrogens is 1. The van der Waals surface area contributed by atoms with Crippen molar-refractivity contribution in [1.82, 2.24) is 4.98 Å². The smallest absolute Gasteiger partial charge is 0.445 e. The van der Waals surface area contributed by atoms with Crippen LogP contribution in [0.15, 0.2) is 12.3 Å². The summed E-state index contributed by atoms with van der Waals surface area (Å²) in [6, 6.07) is 2.64. The molecular formula is C7H5BF3N2-. The van der Waals surface area contributed by atoms with Crippen molar-refractivity contribution in [3.05, 3.63) is 23.5 Å². The van der Waals surface area contributed by atoms with Gasteiger partial charge in [-0.05, 0) is 12.5 Å². The molecule has 0 N–H and O–H groups in total. The number of rotatable bonds is 1. The maximum atomic E-state index is 12.1. The van der Waals surface area contributed by atoms with E-state index in [4.69, 9.17) is 5.26 Å². The highest BCUT2D eigenvalue weighted by molar-refractivity contribution is 6.73. The van der Waals surface area contributed by atoms with E-state index in [1.165, 1.54) is 6.92 Å². The molecule has 0 aliphatic carbocycles. The molecule has 1 aromatic rings. The fourth-order valence-corrected chi connectivity index (χ4v) is 0.893. The molecule has 0 fully saturated rings. The Balaban J connectivity index is 3.20. The van der Waals surface area contributed by atoms with E-state index < -0.39 is 12.4 Å². The van der Waals surface area contributed by atoms with Crippen LogP contribution >= 0.6 is 0 Å². The van der Waals surface area contributed by atoms with Gasteiger partial charge in [0.15, 0.2) is 0 Å². The third-order valence-corrected chi connectivity index (χ3v) is 1.58. The zero-order valence-corrected chi connectivity index (χ0v) is 6.76. The zero-order chi connectivity index (χ0) is 10.1. The van der Waals surface area contributed by atoms with Gasteiger partial charge in [-0.3, -0.25) is 0 Å². The molecule has 0 bridgehead atoms. The van der Waals surface area contributed by atoms with Gasteiger partial charge in [-0.2, -0.15) is 5.26 Å². The van der Waals surface area contributed by atoms with Crippen molar-refractivity contribution in [3.63, 3.8) is 0 Å². The molecule has 1 rings (SSSR count). The second-order valence-corrected chi connectivity index (χ2v) is 2.62. The number of nitrogens with zero attached hydrogens (tertiary/aromatic N) is 2. The second-order valence-electron chi connectivity index (χ2n) is 2.62. The Morgan fingerprint density at radius 1 is 1.46 bits per heavy atom. The van der Waals surface area contributed by atoms with Crippen molar-refractivity contribution in [1.29, 1.82) is 5.26 Å². The highest BCUT2D eigenvalue weighted by Crippen LogP contribution is 2.10. The number of pyridine rings is 1. The first-order valence-corrected chi connectivity index (χ1v) is 3.51. The van der Waals surface area contributed by atoms with Gasteiger partial charge in [0.05, 0.1) is 0 Å². The van der Waals surface area contributed by atoms with Crippen molar-refractivity contribution in [3.8, 4) is 6.07 Å². The molecule has 0 aromatic carbocycles. The summed E-state index contributed by atoms with van der Waals surface area (Å²) in [5.74, 6) is 0. The Morgan fingerprint density at radius 2 is 2.08 bits per heavy atom. The largest absolute Gasteiger partial charge is 0.511 e. The number of nitriles is 1. The van der Waals surface area contributed by atoms with E-state index in [9.17, 15) is 12.9 Å². The number of hydrogen-bond donors (Lipinski definition) is 0. The van der Waals surface area contributed by atoms with Crippen LogP contribution in [-0.4, -0.2) is 12.0 Å². The standard InChI is InChI=1S/C7H5BF3N2/c1-5-2-6(8(9,10)11)4-13-7(5)3-12/h2,4H,1H3/q-1. The summed E-state index contributed by atoms with van der Waals surface area (Å²) >= 11 is 0. The lowest BCUT2D eigenvalue weighted by Crippen LogP contribution is -2.34. The molecule has 0 saturated carbocycles. The van der Waals surface area contributed by atoms with E-state index in [0.717, 1.165) is 6.07 Å². The van der Waals surface area contributed by atoms with Gasteiger partial charge in [0.1, 0.15) is 11.8 Å². The van der Waals surface area contributed by atoms with Crippen molar-refractivity contribution in [2.75, 3.05) is 0 Å². The molecule has 0 amide bonds. The van der Waals surface area contributed by atoms with E-state index in [1.54, 1.807) is 6.07 Å². The van der Waals surface area contributed by atoms with E-state index >= 15 is 0 Å². The molecule has 0 radical (unpaired) electrons. The monoisotopic (exact) mass is 185 g/mol. The van der Waals surface area contributed by atoms with Gasteiger partial charge in [-0.25, -0.2) is 4.98 Å². The van der Waals surface area contributed by atoms with Gasteiger partial charge in [0.2, 0.25) is 0 Å². The predicted molar refractivity (Wildman–Crippen MR) is 42.4 cm³/mol. The third-order valence-electron chi connectivity index (χ3n) is 1.58. The van der Waals surface area contributed by atoms with E-state index in [0.29, 0.717) is 6.20 Å². The highest BCUT2D eigenvalue weighted by Gasteiger charge is 2.26. The van der Waals surface area contributed by atoms with Crippen LogP contribution < -0.4 is 5.46 Å². The fraction of sp³-hybridized carbons (Fsp3) is 0.143. The molecule has 0 aliphatic heterocycles. The van der Waals surface area contributed by atoms with Gasteiger partial charge in [-0.1, -0.05) is 11.5 Å². The summed E-state index contributed by atoms with van der Waals surface area (Å²) in [7, 11) is 0. The summed E-state index contributed by atoms with van der Waals surface area (Å²) < 4.78 is 36.4. The summed E-state index contributed by atoms with van der Waals surface area (Å²) in [6.45, 7) is -3.59. The van der Waals surface area contributed by atoms with E-state index in [2.05, 4.69) is 4.98 Å². The minimum Gasteiger partial charge on any atom is -0.445 e. The van der Waals surface area contributed by atoms with Crippen LogP contribution in [-0.2, 0) is 0 Å². The number of hydrogen-bond acceptors (Lipinski definition) is 2. The van der Waals surface area contributed by atoms with Crippen molar-refractivity contribution in [2.24, 2.45) is 0 Å². The lowest BCUT2D eigenvalue weighted by Gasteiger charge is -2.14. The summed E-state index contributed by atoms with van der Waals surface area (Å²) in [4.78, 5) is 3.40. The minimum absolute atomic E-state index is 0.0313. The molecule has 13 heavy (non-hydrogen) atoms. The van der Waals surface area contributed by atoms with Gasteiger partial charge in [0.25, 0.3) is 0 Å². The highest BCUT2D eigenvalue weighted by atomic mass is 19.4. The predicted octanol–water partition coefficient (Wildman–Crippen LogP) is 1.32. The van der Waals surface area contributed by atoms with Gasteiger partial charge >= 0.3 is 6.98 Å². The van der Waals surface area contributed by atoms with Crippen molar-refractivity contribution >= 4 is 12.4 Å². The zero-order valence-electron chi connectivity index (χ0n) is 6.76. The minimum atomic E-state index is -5.02. The maximum absolute atomic E-state index is 12.1. The van der Waals surface area contributed by atoms with E-state index in [1.807, 2.05) is 0 Å². The van der Waals surface area contributed by atoms with Gasteiger partial charge < -0.3 is 12.9 Å². The molecule has 6 heteroatoms. The Kier molecular flexibility index (Phi) is 2.28. The van der Waals surface area contributed by atoms with Crippen LogP contribution in [0.3, 0.4) is 0 Å². The Bertz CT molecular complexity index is 367. The second kappa shape index (κ2) is 3.09. The lowest BCUT2D eigenvalue weighted by atomic mass is 9.81. The Hall–Kier alpha value is -1.51. The first-order valence-electron chi connectivity index (χ1n) is 3.51. The van der Waals surface area contributed by atoms with Gasteiger partial charge in [-0.15, -0.1) is 0 Å². The molecule has 0 aliphatic rings. The van der Waals surface area contributed by atoms with Crippen LogP contribution in [0, 0.1) is 18.3 Å². The number of aryl methyl sites for hydroxylation is 1. The van der Waals surface area contributed by atoms with Crippen LogP contribution in [0.2, 0.25) is 0 Å². The molecule has 0 unspecified atom stereocenters. The molecule has 0 spiro atoms. The van der Waals surface area contributed by atoms with Crippen LogP contribution in [0.25, 0.3) is 0 Å². The quantitative estimate of drug-likeness (QED) is 0.618. The molecular weight excluding hydrogens is 180 g/mol. The average molecular weight is 185 g/mol. The summed E-state index contributed by atoms with van der Waals surface area (Å²) in [5.41, 5.74) is -0.487. The molecule has 1 aromatic heterocycles. The first kappa shape index (κ1) is 9.58. The fourth-order valence-electron chi connectivity index (χ4n) is 0.893. The molecule has 2 nitrogen and oxygen atoms in total. The normalized spacial score (nSPS) is 11.0. The number of halogens is 3.